The van der Waals surface area contributed by atoms with E-state index in [0.29, 0.717) is 6.07 Å². The van der Waals surface area contributed by atoms with Crippen LogP contribution in [0.15, 0.2) is 30.9 Å². The van der Waals surface area contributed by atoms with E-state index >= 15 is 0 Å². The first-order valence-corrected chi connectivity index (χ1v) is 6.52. The van der Waals surface area contributed by atoms with Gasteiger partial charge in [0.2, 0.25) is 0 Å². The Hall–Kier alpha value is -2.30. The molecular formula is C15H15F2N3O2. The molecule has 0 fully saturated rings. The van der Waals surface area contributed by atoms with Crippen LogP contribution in [0.1, 0.15) is 12.5 Å². The Bertz CT molecular complexity index is 670. The number of ether oxygens (including phenoxy) is 1. The number of aromatic nitrogens is 3. The maximum atomic E-state index is 14.1. The summed E-state index contributed by atoms with van der Waals surface area (Å²) in [6, 6.07) is 2.95. The molecule has 1 heterocycles. The molecule has 1 N–H and O–H groups in total. The fourth-order valence-corrected chi connectivity index (χ4v) is 2.15. The third-order valence-electron chi connectivity index (χ3n) is 3.36. The monoisotopic (exact) mass is 307 g/mol. The van der Waals surface area contributed by atoms with E-state index in [1.54, 1.807) is 6.92 Å². The van der Waals surface area contributed by atoms with E-state index in [1.165, 1.54) is 23.4 Å². The molecule has 2 atom stereocenters. The molecule has 1 aromatic carbocycles. The van der Waals surface area contributed by atoms with Crippen molar-refractivity contribution in [2.75, 3.05) is 6.61 Å². The second kappa shape index (κ2) is 6.64. The summed E-state index contributed by atoms with van der Waals surface area (Å²) >= 11 is 0. The zero-order valence-corrected chi connectivity index (χ0v) is 11.9. The van der Waals surface area contributed by atoms with Gasteiger partial charge >= 0.3 is 0 Å². The van der Waals surface area contributed by atoms with E-state index in [2.05, 4.69) is 16.0 Å². The number of nitrogens with zero attached hydrogens (tertiary/aromatic N) is 3. The third kappa shape index (κ3) is 3.30. The van der Waals surface area contributed by atoms with Crippen molar-refractivity contribution in [1.29, 1.82) is 0 Å². The highest BCUT2D eigenvalue weighted by molar-refractivity contribution is 5.26. The predicted molar refractivity (Wildman–Crippen MR) is 74.5 cm³/mol. The quantitative estimate of drug-likeness (QED) is 0.821. The Morgan fingerprint density at radius 2 is 2.27 bits per heavy atom. The number of rotatable bonds is 6. The molecule has 0 saturated heterocycles. The lowest BCUT2D eigenvalue weighted by Gasteiger charge is -2.34. The van der Waals surface area contributed by atoms with Gasteiger partial charge in [0.15, 0.2) is 0 Å². The third-order valence-corrected chi connectivity index (χ3v) is 3.36. The summed E-state index contributed by atoms with van der Waals surface area (Å²) in [5, 5.41) is 14.9. The van der Waals surface area contributed by atoms with Gasteiger partial charge in [-0.2, -0.15) is 5.10 Å². The van der Waals surface area contributed by atoms with Crippen LogP contribution >= 0.6 is 0 Å². The van der Waals surface area contributed by atoms with Gasteiger partial charge < -0.3 is 9.84 Å². The first-order valence-electron chi connectivity index (χ1n) is 6.52. The van der Waals surface area contributed by atoms with E-state index in [0.717, 1.165) is 6.07 Å². The average molecular weight is 307 g/mol. The normalized spacial score (nSPS) is 15.0. The molecular weight excluding hydrogens is 292 g/mol. The standard InChI is InChI=1S/C15H15F2N3O2/c1-3-6-22-11(2)15(21,8-20-10-18-9-19-20)13-5-4-12(16)7-14(13)17/h1,4-5,7,9-11,21H,6,8H2,2H3/t11-,15?/m1/s1. The van der Waals surface area contributed by atoms with E-state index in [4.69, 9.17) is 11.2 Å². The molecule has 0 aliphatic heterocycles. The van der Waals surface area contributed by atoms with Gasteiger partial charge in [0.05, 0.1) is 12.6 Å². The molecule has 0 aliphatic rings. The summed E-state index contributed by atoms with van der Waals surface area (Å²) in [6.45, 7) is 1.38. The van der Waals surface area contributed by atoms with Gasteiger partial charge in [0.25, 0.3) is 0 Å². The van der Waals surface area contributed by atoms with Crippen molar-refractivity contribution in [1.82, 2.24) is 14.8 Å². The lowest BCUT2D eigenvalue weighted by atomic mass is 9.88. The van der Waals surface area contributed by atoms with Crippen LogP contribution in [-0.4, -0.2) is 32.6 Å². The highest BCUT2D eigenvalue weighted by atomic mass is 19.1. The van der Waals surface area contributed by atoms with Gasteiger partial charge in [0, 0.05) is 11.6 Å². The van der Waals surface area contributed by atoms with Crippen molar-refractivity contribution >= 4 is 0 Å². The number of terminal acetylenes is 1. The number of hydrogen-bond acceptors (Lipinski definition) is 4. The number of halogens is 2. The van der Waals surface area contributed by atoms with E-state index < -0.39 is 23.3 Å². The van der Waals surface area contributed by atoms with Crippen molar-refractivity contribution in [2.45, 2.75) is 25.2 Å². The zero-order chi connectivity index (χ0) is 16.2. The highest BCUT2D eigenvalue weighted by Crippen LogP contribution is 2.31. The fraction of sp³-hybridized carbons (Fsp3) is 0.333. The first kappa shape index (κ1) is 16.1. The number of hydrogen-bond donors (Lipinski definition) is 1. The Labute approximate surface area is 126 Å². The Kier molecular flexibility index (Phi) is 4.85. The van der Waals surface area contributed by atoms with Gasteiger partial charge in [-0.15, -0.1) is 6.42 Å². The average Bonchev–Trinajstić information content (AvgIpc) is 2.97. The maximum Gasteiger partial charge on any atom is 0.138 e. The van der Waals surface area contributed by atoms with Crippen LogP contribution in [0.3, 0.4) is 0 Å². The highest BCUT2D eigenvalue weighted by Gasteiger charge is 2.39. The topological polar surface area (TPSA) is 60.2 Å². The van der Waals surface area contributed by atoms with Crippen LogP contribution < -0.4 is 0 Å². The van der Waals surface area contributed by atoms with Crippen LogP contribution in [0.25, 0.3) is 0 Å². The summed E-state index contributed by atoms with van der Waals surface area (Å²) in [6.07, 6.45) is 6.94. The molecule has 1 unspecified atom stereocenters. The van der Waals surface area contributed by atoms with Crippen molar-refractivity contribution in [2.24, 2.45) is 0 Å². The van der Waals surface area contributed by atoms with Crippen molar-refractivity contribution in [3.63, 3.8) is 0 Å². The molecule has 7 heteroatoms. The fourth-order valence-electron chi connectivity index (χ4n) is 2.15. The smallest absolute Gasteiger partial charge is 0.138 e. The molecule has 22 heavy (non-hydrogen) atoms. The van der Waals surface area contributed by atoms with E-state index in [-0.39, 0.29) is 18.7 Å². The number of benzene rings is 1. The van der Waals surface area contributed by atoms with Crippen molar-refractivity contribution in [3.8, 4) is 12.3 Å². The molecule has 0 amide bonds. The molecule has 0 saturated carbocycles. The molecule has 0 spiro atoms. The second-order valence-electron chi connectivity index (χ2n) is 4.80. The zero-order valence-electron chi connectivity index (χ0n) is 11.9. The van der Waals surface area contributed by atoms with Gasteiger partial charge in [-0.3, -0.25) is 0 Å². The summed E-state index contributed by atoms with van der Waals surface area (Å²) in [5.41, 5.74) is -1.89. The van der Waals surface area contributed by atoms with Crippen LogP contribution in [0.4, 0.5) is 8.78 Å². The minimum atomic E-state index is -1.79. The first-order chi connectivity index (χ1) is 10.5. The van der Waals surface area contributed by atoms with Crippen LogP contribution in [-0.2, 0) is 16.9 Å². The summed E-state index contributed by atoms with van der Waals surface area (Å²) in [7, 11) is 0. The molecule has 2 rings (SSSR count). The largest absolute Gasteiger partial charge is 0.380 e. The van der Waals surface area contributed by atoms with Gasteiger partial charge in [0.1, 0.15) is 36.5 Å². The van der Waals surface area contributed by atoms with Crippen molar-refractivity contribution < 1.29 is 18.6 Å². The maximum absolute atomic E-state index is 14.1. The molecule has 116 valence electrons. The van der Waals surface area contributed by atoms with Gasteiger partial charge in [-0.05, 0) is 13.0 Å². The summed E-state index contributed by atoms with van der Waals surface area (Å²) in [5.74, 6) is 0.672. The molecule has 0 bridgehead atoms. The SMILES string of the molecule is C#CCO[C@H](C)C(O)(Cn1cncn1)c1ccc(F)cc1F. The molecule has 0 radical (unpaired) electrons. The second-order valence-corrected chi connectivity index (χ2v) is 4.80. The Morgan fingerprint density at radius 1 is 1.50 bits per heavy atom. The van der Waals surface area contributed by atoms with Gasteiger partial charge in [-0.25, -0.2) is 18.4 Å². The van der Waals surface area contributed by atoms with Gasteiger partial charge in [-0.1, -0.05) is 12.0 Å². The minimum absolute atomic E-state index is 0.0519. The number of aliphatic hydroxyl groups is 1. The predicted octanol–water partition coefficient (Wildman–Crippen LogP) is 1.48. The van der Waals surface area contributed by atoms with Crippen LogP contribution in [0.5, 0.6) is 0 Å². The lowest BCUT2D eigenvalue weighted by Crippen LogP contribution is -2.44. The molecule has 0 aliphatic carbocycles. The summed E-state index contributed by atoms with van der Waals surface area (Å²) in [4.78, 5) is 3.77. The Morgan fingerprint density at radius 3 is 2.86 bits per heavy atom. The van der Waals surface area contributed by atoms with E-state index in [9.17, 15) is 13.9 Å². The van der Waals surface area contributed by atoms with Crippen molar-refractivity contribution in [3.05, 3.63) is 48.1 Å². The van der Waals surface area contributed by atoms with Crippen LogP contribution in [0.2, 0.25) is 0 Å². The molecule has 1 aromatic heterocycles. The van der Waals surface area contributed by atoms with Crippen LogP contribution in [0, 0.1) is 24.0 Å². The van der Waals surface area contributed by atoms with E-state index in [1.807, 2.05) is 0 Å². The Balaban J connectivity index is 2.41. The molecule has 5 nitrogen and oxygen atoms in total. The summed E-state index contributed by atoms with van der Waals surface area (Å²) < 4.78 is 33.9. The molecule has 2 aromatic rings. The minimum Gasteiger partial charge on any atom is -0.380 e. The lowest BCUT2D eigenvalue weighted by molar-refractivity contribution is -0.111.